The van der Waals surface area contributed by atoms with Crippen LogP contribution in [0.3, 0.4) is 0 Å². The van der Waals surface area contributed by atoms with Gasteiger partial charge in [0.15, 0.2) is 6.54 Å². The molecular weight excluding hydrogens is 302 g/mol. The number of hydrogen-bond acceptors (Lipinski definition) is 6. The Morgan fingerprint density at radius 1 is 1.55 bits per heavy atom. The lowest BCUT2D eigenvalue weighted by Crippen LogP contribution is -2.32. The predicted octanol–water partition coefficient (Wildman–Crippen LogP) is 1.60. The summed E-state index contributed by atoms with van der Waals surface area (Å²) in [5.74, 6) is 0.188. The Bertz CT molecular complexity index is 735. The molecule has 0 aliphatic heterocycles. The molecule has 0 atom stereocenters. The van der Waals surface area contributed by atoms with Crippen molar-refractivity contribution in [3.63, 3.8) is 0 Å². The number of thioether (sulfide) groups is 1. The van der Waals surface area contributed by atoms with Crippen LogP contribution in [0, 0.1) is 25.2 Å². The molecule has 7 nitrogen and oxygen atoms in total. The molecule has 0 aliphatic rings. The van der Waals surface area contributed by atoms with Crippen LogP contribution in [0.1, 0.15) is 23.7 Å². The minimum absolute atomic E-state index is 0.136. The zero-order valence-electron chi connectivity index (χ0n) is 12.6. The van der Waals surface area contributed by atoms with Gasteiger partial charge in [0.25, 0.3) is 6.20 Å². The highest BCUT2D eigenvalue weighted by atomic mass is 32.2. The number of carbonyl (C=O) groups excluding carboxylic acids is 1. The van der Waals surface area contributed by atoms with Crippen LogP contribution in [0.25, 0.3) is 0 Å². The van der Waals surface area contributed by atoms with Gasteiger partial charge in [-0.25, -0.2) is 4.98 Å². The Labute approximate surface area is 132 Å². The van der Waals surface area contributed by atoms with E-state index in [2.05, 4.69) is 21.6 Å². The number of nitriles is 1. The molecule has 2 aromatic rings. The Kier molecular flexibility index (Phi) is 5.12. The summed E-state index contributed by atoms with van der Waals surface area (Å²) in [5, 5.41) is 16.1. The second-order valence-corrected chi connectivity index (χ2v) is 5.60. The minimum atomic E-state index is -0.241. The van der Waals surface area contributed by atoms with Gasteiger partial charge in [-0.2, -0.15) is 5.26 Å². The van der Waals surface area contributed by atoms with Crippen LogP contribution in [0.15, 0.2) is 21.8 Å². The molecule has 0 saturated heterocycles. The maximum atomic E-state index is 11.9. The second-order valence-electron chi connectivity index (χ2n) is 4.63. The van der Waals surface area contributed by atoms with E-state index in [1.54, 1.807) is 10.9 Å². The molecule has 0 fully saturated rings. The lowest BCUT2D eigenvalue weighted by Gasteiger charge is -2.06. The van der Waals surface area contributed by atoms with Crippen molar-refractivity contribution in [2.45, 2.75) is 32.3 Å². The number of anilines is 1. The quantitative estimate of drug-likeness (QED) is 0.664. The molecule has 1 amide bonds. The summed E-state index contributed by atoms with van der Waals surface area (Å²) in [7, 11) is 0. The monoisotopic (exact) mass is 318 g/mol. The average molecular weight is 318 g/mol. The number of hydrogen-bond donors (Lipinski definition) is 1. The molecule has 0 bridgehead atoms. The summed E-state index contributed by atoms with van der Waals surface area (Å²) in [6, 6.07) is 3.98. The Morgan fingerprint density at radius 3 is 2.95 bits per heavy atom. The van der Waals surface area contributed by atoms with Gasteiger partial charge in [0, 0.05) is 5.69 Å². The van der Waals surface area contributed by atoms with E-state index in [0.29, 0.717) is 23.0 Å². The smallest absolute Gasteiger partial charge is 0.288 e. The van der Waals surface area contributed by atoms with E-state index in [9.17, 15) is 10.1 Å². The summed E-state index contributed by atoms with van der Waals surface area (Å²) in [6.07, 6.45) is 1.61. The summed E-state index contributed by atoms with van der Waals surface area (Å²) < 4.78 is 6.54. The molecule has 0 aromatic carbocycles. The van der Waals surface area contributed by atoms with Crippen molar-refractivity contribution in [3.05, 3.63) is 29.1 Å². The molecule has 8 heteroatoms. The number of nitrogens with one attached hydrogen (secondary N) is 1. The van der Waals surface area contributed by atoms with Crippen LogP contribution < -0.4 is 10.00 Å². The first-order valence-electron chi connectivity index (χ1n) is 6.71. The number of amides is 1. The zero-order chi connectivity index (χ0) is 16.1. The van der Waals surface area contributed by atoms with Gasteiger partial charge in [-0.1, -0.05) is 16.4 Å². The zero-order valence-corrected chi connectivity index (χ0v) is 13.4. The van der Waals surface area contributed by atoms with Crippen LogP contribution in [0.4, 0.5) is 5.88 Å². The fourth-order valence-electron chi connectivity index (χ4n) is 1.83. The van der Waals surface area contributed by atoms with Gasteiger partial charge < -0.3 is 0 Å². The summed E-state index contributed by atoms with van der Waals surface area (Å²) >= 11 is 1.23. The molecule has 0 aliphatic carbocycles. The van der Waals surface area contributed by atoms with Crippen molar-refractivity contribution < 1.29 is 14.0 Å². The fraction of sp³-hybridized carbons (Fsp3) is 0.357. The van der Waals surface area contributed by atoms with E-state index in [0.717, 1.165) is 11.3 Å². The topological polar surface area (TPSA) is 95.7 Å². The second kappa shape index (κ2) is 7.04. The molecule has 2 aromatic heterocycles. The Morgan fingerprint density at radius 2 is 2.32 bits per heavy atom. The van der Waals surface area contributed by atoms with E-state index in [1.165, 1.54) is 11.8 Å². The lowest BCUT2D eigenvalue weighted by atomic mass is 10.1. The average Bonchev–Trinajstić information content (AvgIpc) is 2.92. The van der Waals surface area contributed by atoms with Crippen molar-refractivity contribution in [2.75, 3.05) is 11.1 Å². The van der Waals surface area contributed by atoms with Crippen LogP contribution in [0.5, 0.6) is 0 Å². The van der Waals surface area contributed by atoms with E-state index in [4.69, 9.17) is 4.52 Å². The van der Waals surface area contributed by atoms with Crippen molar-refractivity contribution in [3.8, 4) is 6.07 Å². The van der Waals surface area contributed by atoms with Crippen LogP contribution >= 0.6 is 11.8 Å². The van der Waals surface area contributed by atoms with Crippen LogP contribution in [-0.4, -0.2) is 21.9 Å². The molecule has 0 unspecified atom stereocenters. The lowest BCUT2D eigenvalue weighted by molar-refractivity contribution is -0.759. The van der Waals surface area contributed by atoms with Crippen LogP contribution in [0.2, 0.25) is 0 Å². The first-order chi connectivity index (χ1) is 10.5. The maximum Gasteiger partial charge on any atom is 0.302 e. The third-order valence-electron chi connectivity index (χ3n) is 2.86. The number of aromatic nitrogens is 3. The van der Waals surface area contributed by atoms with Gasteiger partial charge in [-0.05, 0) is 32.4 Å². The number of rotatable bonds is 5. The summed E-state index contributed by atoms with van der Waals surface area (Å²) in [4.78, 5) is 16.2. The number of carbonyl (C=O) groups is 1. The standard InChI is InChI=1S/C14H15N5O2S/c1-4-19-7-13(21-18-19)17-12(20)8-22-14-11(6-15)9(2)5-10(3)16-14/h5,7H,4,8H2,1-3H3/p+1. The molecular formula is C14H16N5O2S+. The van der Waals surface area contributed by atoms with Gasteiger partial charge in [-0.15, -0.1) is 0 Å². The van der Waals surface area contributed by atoms with E-state index < -0.39 is 0 Å². The number of pyridine rings is 1. The predicted molar refractivity (Wildman–Crippen MR) is 80.2 cm³/mol. The van der Waals surface area contributed by atoms with Crippen molar-refractivity contribution >= 4 is 23.6 Å². The van der Waals surface area contributed by atoms with Gasteiger partial charge in [0.1, 0.15) is 11.1 Å². The van der Waals surface area contributed by atoms with E-state index in [-0.39, 0.29) is 11.7 Å². The summed E-state index contributed by atoms with van der Waals surface area (Å²) in [5.41, 5.74) is 2.18. The third-order valence-corrected chi connectivity index (χ3v) is 3.84. The number of nitrogens with zero attached hydrogens (tertiary/aromatic N) is 4. The SMILES string of the molecule is CC[n+]1cc(NC(=O)CSc2nc(C)cc(C)c2C#N)on1. The first kappa shape index (κ1) is 16.0. The van der Waals surface area contributed by atoms with Crippen molar-refractivity contribution in [1.29, 1.82) is 5.26 Å². The molecule has 0 radical (unpaired) electrons. The maximum absolute atomic E-state index is 11.9. The van der Waals surface area contributed by atoms with E-state index >= 15 is 0 Å². The van der Waals surface area contributed by atoms with E-state index in [1.807, 2.05) is 26.8 Å². The molecule has 22 heavy (non-hydrogen) atoms. The molecule has 2 heterocycles. The Balaban J connectivity index is 2.01. The van der Waals surface area contributed by atoms with Crippen LogP contribution in [-0.2, 0) is 11.3 Å². The summed E-state index contributed by atoms with van der Waals surface area (Å²) in [6.45, 7) is 6.29. The molecule has 2 rings (SSSR count). The number of aryl methyl sites for hydroxylation is 3. The highest BCUT2D eigenvalue weighted by Crippen LogP contribution is 2.23. The third kappa shape index (κ3) is 3.83. The highest BCUT2D eigenvalue weighted by molar-refractivity contribution is 8.00. The van der Waals surface area contributed by atoms with Gasteiger partial charge >= 0.3 is 5.88 Å². The van der Waals surface area contributed by atoms with Gasteiger partial charge in [-0.3, -0.25) is 14.6 Å². The van der Waals surface area contributed by atoms with Crippen molar-refractivity contribution in [2.24, 2.45) is 0 Å². The highest BCUT2D eigenvalue weighted by Gasteiger charge is 2.15. The van der Waals surface area contributed by atoms with Gasteiger partial charge in [0.05, 0.1) is 11.3 Å². The first-order valence-corrected chi connectivity index (χ1v) is 7.69. The molecule has 114 valence electrons. The molecule has 0 spiro atoms. The van der Waals surface area contributed by atoms with Crippen molar-refractivity contribution in [1.82, 2.24) is 10.3 Å². The molecule has 1 N–H and O–H groups in total. The minimum Gasteiger partial charge on any atom is -0.288 e. The fourth-order valence-corrected chi connectivity index (χ4v) is 2.73. The normalized spacial score (nSPS) is 10.3. The van der Waals surface area contributed by atoms with Gasteiger partial charge in [0.2, 0.25) is 11.2 Å². The Hall–Kier alpha value is -2.40. The largest absolute Gasteiger partial charge is 0.302 e. The molecule has 0 saturated carbocycles.